The summed E-state index contributed by atoms with van der Waals surface area (Å²) in [5, 5.41) is 0. The molecule has 1 atom stereocenters. The minimum Gasteiger partial charge on any atom is -0.209 e. The molecule has 50 heavy (non-hydrogen) atoms. The summed E-state index contributed by atoms with van der Waals surface area (Å²) in [4.78, 5) is 15.4. The van der Waals surface area contributed by atoms with Gasteiger partial charge in [-0.1, -0.05) is 171 Å². The average molecular weight is 642 g/mol. The van der Waals surface area contributed by atoms with Crippen molar-refractivity contribution in [2.24, 2.45) is 5.92 Å². The number of hydrogen-bond acceptors (Lipinski definition) is 3. The van der Waals surface area contributed by atoms with Gasteiger partial charge in [-0.25, -0.2) is 15.0 Å². The van der Waals surface area contributed by atoms with Gasteiger partial charge >= 0.3 is 0 Å². The second-order valence-corrected chi connectivity index (χ2v) is 13.3. The van der Waals surface area contributed by atoms with Crippen LogP contribution in [0.2, 0.25) is 0 Å². The van der Waals surface area contributed by atoms with Crippen molar-refractivity contribution in [1.82, 2.24) is 15.0 Å². The van der Waals surface area contributed by atoms with Crippen LogP contribution in [0.4, 0.5) is 0 Å². The Hall–Kier alpha value is -6.19. The molecule has 3 heteroatoms. The maximum absolute atomic E-state index is 5.18. The molecule has 0 N–H and O–H groups in total. The van der Waals surface area contributed by atoms with Crippen molar-refractivity contribution >= 4 is 5.57 Å². The molecule has 0 saturated heterocycles. The van der Waals surface area contributed by atoms with Crippen LogP contribution in [0.5, 0.6) is 0 Å². The van der Waals surface area contributed by atoms with E-state index < -0.39 is 5.41 Å². The monoisotopic (exact) mass is 641 g/mol. The number of benzene rings is 6. The van der Waals surface area contributed by atoms with E-state index in [0.717, 1.165) is 28.9 Å². The van der Waals surface area contributed by atoms with Gasteiger partial charge < -0.3 is 0 Å². The Kier molecular flexibility index (Phi) is 7.39. The molecule has 3 nitrogen and oxygen atoms in total. The molecule has 0 aliphatic heterocycles. The summed E-state index contributed by atoms with van der Waals surface area (Å²) >= 11 is 0. The van der Waals surface area contributed by atoms with Crippen LogP contribution in [0.15, 0.2) is 176 Å². The molecule has 238 valence electrons. The number of nitrogens with zero attached hydrogens (tertiary/aromatic N) is 3. The second kappa shape index (κ2) is 12.4. The van der Waals surface area contributed by atoms with Gasteiger partial charge in [0.05, 0.1) is 5.41 Å². The highest BCUT2D eigenvalue weighted by Gasteiger charge is 2.46. The molecule has 0 saturated carbocycles. The summed E-state index contributed by atoms with van der Waals surface area (Å²) in [6.45, 7) is 2.23. The summed E-state index contributed by atoms with van der Waals surface area (Å²) in [6, 6.07) is 56.6. The van der Waals surface area contributed by atoms with Crippen LogP contribution in [-0.2, 0) is 5.41 Å². The lowest BCUT2D eigenvalue weighted by atomic mass is 9.67. The third kappa shape index (κ3) is 5.02. The normalized spacial score (nSPS) is 15.6. The molecule has 9 rings (SSSR count). The number of rotatable bonds is 6. The molecular formula is C47H35N3. The summed E-state index contributed by atoms with van der Waals surface area (Å²) in [5.41, 5.74) is 12.3. The SMILES string of the molecule is CC1C=CC=C(c2nc(-c3ccccc3)nc(-c3ccc4c(c3)C(c3ccccc3)(c3ccccc3)c3cc(-c5ccccc5)ccc3-4)n2)C1. The van der Waals surface area contributed by atoms with Crippen LogP contribution in [0.3, 0.4) is 0 Å². The van der Waals surface area contributed by atoms with E-state index in [9.17, 15) is 0 Å². The molecule has 1 aromatic heterocycles. The smallest absolute Gasteiger partial charge is 0.164 e. The lowest BCUT2D eigenvalue weighted by molar-refractivity contribution is 0.742. The standard InChI is InChI=1S/C47H35N3/c1-32-15-14-20-36(29-32)45-48-44(34-18-8-3-9-19-34)49-46(50-45)37-26-28-41-40-27-25-35(33-16-6-2-7-17-33)30-42(40)47(43(41)31-37,38-21-10-4-11-22-38)39-23-12-5-13-24-39/h2-28,30-32H,29H2,1H3. The van der Waals surface area contributed by atoms with E-state index in [1.807, 2.05) is 18.2 Å². The zero-order chi connectivity index (χ0) is 33.5. The molecular weight excluding hydrogens is 607 g/mol. The maximum atomic E-state index is 5.18. The summed E-state index contributed by atoms with van der Waals surface area (Å²) < 4.78 is 0. The van der Waals surface area contributed by atoms with Crippen LogP contribution in [-0.4, -0.2) is 15.0 Å². The lowest BCUT2D eigenvalue weighted by Crippen LogP contribution is -2.28. The summed E-state index contributed by atoms with van der Waals surface area (Å²) in [5.74, 6) is 2.52. The first kappa shape index (κ1) is 29.9. The van der Waals surface area contributed by atoms with Crippen LogP contribution in [0.25, 0.3) is 50.6 Å². The minimum atomic E-state index is -0.557. The third-order valence-electron chi connectivity index (χ3n) is 10.1. The Morgan fingerprint density at radius 2 is 0.960 bits per heavy atom. The van der Waals surface area contributed by atoms with Crippen LogP contribution >= 0.6 is 0 Å². The molecule has 0 spiro atoms. The van der Waals surface area contributed by atoms with Gasteiger partial charge in [0.1, 0.15) is 0 Å². The molecule has 1 unspecified atom stereocenters. The van der Waals surface area contributed by atoms with Gasteiger partial charge in [0.2, 0.25) is 0 Å². The molecule has 2 aliphatic carbocycles. The predicted molar refractivity (Wildman–Crippen MR) is 204 cm³/mol. The van der Waals surface area contributed by atoms with Crippen molar-refractivity contribution in [3.63, 3.8) is 0 Å². The van der Waals surface area contributed by atoms with Crippen molar-refractivity contribution in [2.75, 3.05) is 0 Å². The van der Waals surface area contributed by atoms with Crippen molar-refractivity contribution in [3.05, 3.63) is 204 Å². The lowest BCUT2D eigenvalue weighted by Gasteiger charge is -2.34. The Balaban J connectivity index is 1.31. The van der Waals surface area contributed by atoms with Gasteiger partial charge in [-0.2, -0.15) is 0 Å². The first-order valence-electron chi connectivity index (χ1n) is 17.3. The highest BCUT2D eigenvalue weighted by atomic mass is 15.0. The number of hydrogen-bond donors (Lipinski definition) is 0. The quantitative estimate of drug-likeness (QED) is 0.181. The van der Waals surface area contributed by atoms with Gasteiger partial charge in [-0.05, 0) is 74.6 Å². The predicted octanol–water partition coefficient (Wildman–Crippen LogP) is 11.2. The number of fused-ring (bicyclic) bond motifs is 3. The maximum Gasteiger partial charge on any atom is 0.164 e. The zero-order valence-electron chi connectivity index (χ0n) is 27.9. The van der Waals surface area contributed by atoms with Gasteiger partial charge in [0, 0.05) is 11.1 Å². The molecule has 0 bridgehead atoms. The van der Waals surface area contributed by atoms with E-state index in [1.165, 1.54) is 44.5 Å². The highest BCUT2D eigenvalue weighted by Crippen LogP contribution is 2.57. The van der Waals surface area contributed by atoms with E-state index in [0.29, 0.717) is 17.6 Å². The number of aromatic nitrogens is 3. The van der Waals surface area contributed by atoms with E-state index >= 15 is 0 Å². The van der Waals surface area contributed by atoms with Gasteiger partial charge in [0.25, 0.3) is 0 Å². The summed E-state index contributed by atoms with van der Waals surface area (Å²) in [7, 11) is 0. The Morgan fingerprint density at radius 3 is 1.54 bits per heavy atom. The second-order valence-electron chi connectivity index (χ2n) is 13.3. The molecule has 0 radical (unpaired) electrons. The minimum absolute atomic E-state index is 0.423. The van der Waals surface area contributed by atoms with Crippen molar-refractivity contribution in [1.29, 1.82) is 0 Å². The average Bonchev–Trinajstić information content (AvgIpc) is 3.49. The third-order valence-corrected chi connectivity index (χ3v) is 10.1. The van der Waals surface area contributed by atoms with E-state index in [1.54, 1.807) is 0 Å². The molecule has 7 aromatic rings. The Labute approximate surface area is 293 Å². The fraction of sp³-hybridized carbons (Fsp3) is 0.0851. The van der Waals surface area contributed by atoms with Crippen LogP contribution in [0, 0.1) is 5.92 Å². The molecule has 0 amide bonds. The van der Waals surface area contributed by atoms with Crippen LogP contribution in [0.1, 0.15) is 41.4 Å². The zero-order valence-corrected chi connectivity index (χ0v) is 27.9. The van der Waals surface area contributed by atoms with E-state index in [2.05, 4.69) is 165 Å². The topological polar surface area (TPSA) is 38.7 Å². The Morgan fingerprint density at radius 1 is 0.480 bits per heavy atom. The molecule has 1 heterocycles. The van der Waals surface area contributed by atoms with E-state index in [-0.39, 0.29) is 0 Å². The van der Waals surface area contributed by atoms with Gasteiger partial charge in [-0.15, -0.1) is 0 Å². The molecule has 6 aromatic carbocycles. The summed E-state index contributed by atoms with van der Waals surface area (Å²) in [6.07, 6.45) is 7.40. The first-order valence-corrected chi connectivity index (χ1v) is 17.3. The van der Waals surface area contributed by atoms with Crippen molar-refractivity contribution in [2.45, 2.75) is 18.8 Å². The fourth-order valence-corrected chi connectivity index (χ4v) is 7.81. The Bertz CT molecular complexity index is 2360. The van der Waals surface area contributed by atoms with Crippen molar-refractivity contribution in [3.8, 4) is 45.0 Å². The van der Waals surface area contributed by atoms with Gasteiger partial charge in [-0.3, -0.25) is 0 Å². The highest BCUT2D eigenvalue weighted by molar-refractivity contribution is 5.90. The van der Waals surface area contributed by atoms with Gasteiger partial charge in [0.15, 0.2) is 17.5 Å². The fourth-order valence-electron chi connectivity index (χ4n) is 7.81. The molecule has 0 fully saturated rings. The van der Waals surface area contributed by atoms with E-state index in [4.69, 9.17) is 15.0 Å². The van der Waals surface area contributed by atoms with Crippen LogP contribution < -0.4 is 0 Å². The molecule has 2 aliphatic rings. The largest absolute Gasteiger partial charge is 0.209 e. The first-order chi connectivity index (χ1) is 24.7. The number of allylic oxidation sites excluding steroid dienone is 4. The van der Waals surface area contributed by atoms with Crippen molar-refractivity contribution < 1.29 is 0 Å².